The first kappa shape index (κ1) is 15.0. The van der Waals surface area contributed by atoms with Crippen molar-refractivity contribution in [2.75, 3.05) is 0 Å². The molecule has 0 saturated heterocycles. The highest BCUT2D eigenvalue weighted by Gasteiger charge is 2.20. The topological polar surface area (TPSA) is 63.6 Å². The minimum atomic E-state index is -3.87. The van der Waals surface area contributed by atoms with Crippen molar-refractivity contribution < 1.29 is 13.2 Å². The fraction of sp³-hybridized carbons (Fsp3) is 0.0769. The minimum Gasteiger partial charge on any atom is -0.287 e. The summed E-state index contributed by atoms with van der Waals surface area (Å²) in [5, 5.41) is -0.342. The van der Waals surface area contributed by atoms with E-state index in [0.29, 0.717) is 0 Å². The van der Waals surface area contributed by atoms with Crippen molar-refractivity contribution in [1.82, 2.24) is 0 Å². The molecule has 104 valence electrons. The number of aryl methyl sites for hydroxylation is 1. The summed E-state index contributed by atoms with van der Waals surface area (Å²) in [5.41, 5.74) is 0.950. The highest BCUT2D eigenvalue weighted by Crippen LogP contribution is 2.21. The summed E-state index contributed by atoms with van der Waals surface area (Å²) < 4.78 is 27.8. The molecule has 1 aliphatic carbocycles. The summed E-state index contributed by atoms with van der Waals surface area (Å²) in [4.78, 5) is 11.4. The molecule has 0 fully saturated rings. The highest BCUT2D eigenvalue weighted by atomic mass is 35.5. The Morgan fingerprint density at radius 3 is 2.00 bits per heavy atom. The molecule has 20 heavy (non-hydrogen) atoms. The van der Waals surface area contributed by atoms with Crippen molar-refractivity contribution in [1.29, 1.82) is 0 Å². The van der Waals surface area contributed by atoms with E-state index in [1.165, 1.54) is 24.3 Å². The lowest BCUT2D eigenvalue weighted by molar-refractivity contribution is -0.111. The third-order valence-corrected chi connectivity index (χ3v) is 4.41. The van der Waals surface area contributed by atoms with Crippen LogP contribution in [0.5, 0.6) is 0 Å². The molecule has 2 rings (SSSR count). The van der Waals surface area contributed by atoms with Crippen LogP contribution in [0.4, 0.5) is 0 Å². The van der Waals surface area contributed by atoms with Crippen LogP contribution in [-0.2, 0) is 14.8 Å². The molecule has 0 N–H and O–H groups in total. The van der Waals surface area contributed by atoms with Gasteiger partial charge in [0.2, 0.25) is 5.78 Å². The molecule has 0 heterocycles. The number of hydrogen-bond donors (Lipinski definition) is 0. The van der Waals surface area contributed by atoms with Crippen LogP contribution in [0.15, 0.2) is 55.8 Å². The maximum absolute atomic E-state index is 12.1. The lowest BCUT2D eigenvalue weighted by Gasteiger charge is -2.06. The summed E-state index contributed by atoms with van der Waals surface area (Å²) in [6.07, 6.45) is 2.34. The average molecular weight is 330 g/mol. The van der Waals surface area contributed by atoms with Gasteiger partial charge in [-0.15, -0.1) is 0 Å². The van der Waals surface area contributed by atoms with Crippen LogP contribution in [0.1, 0.15) is 5.56 Å². The second-order valence-corrected chi connectivity index (χ2v) is 6.54. The van der Waals surface area contributed by atoms with E-state index < -0.39 is 15.8 Å². The third-order valence-electron chi connectivity index (χ3n) is 2.53. The number of hydrogen-bond acceptors (Lipinski definition) is 3. The zero-order valence-corrected chi connectivity index (χ0v) is 12.6. The minimum absolute atomic E-state index is 0.0141. The van der Waals surface area contributed by atoms with Gasteiger partial charge in [0.05, 0.1) is 20.7 Å². The van der Waals surface area contributed by atoms with Gasteiger partial charge in [-0.2, -0.15) is 12.8 Å². The molecule has 0 radical (unpaired) electrons. The fourth-order valence-electron chi connectivity index (χ4n) is 1.50. The summed E-state index contributed by atoms with van der Waals surface area (Å²) in [6.45, 7) is 1.85. The molecule has 0 aromatic heterocycles. The highest BCUT2D eigenvalue weighted by molar-refractivity contribution is 7.90. The standard InChI is InChI=1S/C13H9Cl2NO3S/c1-8-2-4-10(5-3-8)20(18,19)16-9-6-11(14)13(17)12(15)7-9/h2-7H,1H3. The van der Waals surface area contributed by atoms with Gasteiger partial charge < -0.3 is 0 Å². The quantitative estimate of drug-likeness (QED) is 0.783. The van der Waals surface area contributed by atoms with Gasteiger partial charge in [0, 0.05) is 0 Å². The molecule has 1 aliphatic rings. The zero-order valence-electron chi connectivity index (χ0n) is 10.3. The number of carbonyl (C=O) groups is 1. The van der Waals surface area contributed by atoms with E-state index in [4.69, 9.17) is 23.2 Å². The Morgan fingerprint density at radius 2 is 1.50 bits per heavy atom. The molecule has 4 nitrogen and oxygen atoms in total. The van der Waals surface area contributed by atoms with Crippen LogP contribution >= 0.6 is 23.2 Å². The van der Waals surface area contributed by atoms with Gasteiger partial charge in [-0.05, 0) is 31.2 Å². The number of nitrogens with zero attached hydrogens (tertiary/aromatic N) is 1. The number of sulfonamides is 1. The predicted molar refractivity (Wildman–Crippen MR) is 78.7 cm³/mol. The zero-order chi connectivity index (χ0) is 14.9. The normalized spacial score (nSPS) is 15.8. The smallest absolute Gasteiger partial charge is 0.282 e. The van der Waals surface area contributed by atoms with Crippen molar-refractivity contribution in [3.63, 3.8) is 0 Å². The van der Waals surface area contributed by atoms with Gasteiger partial charge in [0.1, 0.15) is 0 Å². The first-order valence-electron chi connectivity index (χ1n) is 5.50. The van der Waals surface area contributed by atoms with Gasteiger partial charge in [0.15, 0.2) is 0 Å². The maximum Gasteiger partial charge on any atom is 0.282 e. The Morgan fingerprint density at radius 1 is 1.00 bits per heavy atom. The lowest BCUT2D eigenvalue weighted by atomic mass is 10.1. The number of allylic oxidation sites excluding steroid dienone is 4. The van der Waals surface area contributed by atoms with E-state index in [2.05, 4.69) is 4.40 Å². The van der Waals surface area contributed by atoms with Crippen LogP contribution < -0.4 is 0 Å². The summed E-state index contributed by atoms with van der Waals surface area (Å²) in [7, 11) is -3.87. The number of benzene rings is 1. The van der Waals surface area contributed by atoms with Crippen LogP contribution in [0, 0.1) is 6.92 Å². The maximum atomic E-state index is 12.1. The lowest BCUT2D eigenvalue weighted by Crippen LogP contribution is -2.10. The van der Waals surface area contributed by atoms with Gasteiger partial charge in [0.25, 0.3) is 10.0 Å². The number of halogens is 2. The van der Waals surface area contributed by atoms with Crippen LogP contribution in [-0.4, -0.2) is 19.9 Å². The first-order chi connectivity index (χ1) is 9.29. The molecule has 0 unspecified atom stereocenters. The number of ketones is 1. The molecule has 1 aromatic carbocycles. The Kier molecular flexibility index (Phi) is 4.13. The second kappa shape index (κ2) is 5.52. The molecule has 7 heteroatoms. The van der Waals surface area contributed by atoms with Gasteiger partial charge in [-0.1, -0.05) is 40.9 Å². The fourth-order valence-corrected chi connectivity index (χ4v) is 2.94. The predicted octanol–water partition coefficient (Wildman–Crippen LogP) is 2.95. The molecule has 0 atom stereocenters. The van der Waals surface area contributed by atoms with E-state index in [1.807, 2.05) is 6.92 Å². The molecule has 0 aliphatic heterocycles. The largest absolute Gasteiger partial charge is 0.287 e. The molecular weight excluding hydrogens is 321 g/mol. The van der Waals surface area contributed by atoms with Crippen molar-refractivity contribution in [2.24, 2.45) is 4.40 Å². The molecule has 0 saturated carbocycles. The second-order valence-electron chi connectivity index (χ2n) is 4.12. The Bertz CT molecular complexity index is 735. The Balaban J connectivity index is 2.44. The number of Topliss-reactive ketones (excluding diaryl/α,β-unsaturated/α-hetero) is 1. The van der Waals surface area contributed by atoms with Crippen molar-refractivity contribution in [3.05, 3.63) is 52.0 Å². The van der Waals surface area contributed by atoms with Crippen molar-refractivity contribution in [2.45, 2.75) is 11.8 Å². The third kappa shape index (κ3) is 3.17. The van der Waals surface area contributed by atoms with Crippen LogP contribution in [0.3, 0.4) is 0 Å². The Labute approximate surface area is 126 Å². The van der Waals surface area contributed by atoms with E-state index in [9.17, 15) is 13.2 Å². The number of carbonyl (C=O) groups excluding carboxylic acids is 1. The van der Waals surface area contributed by atoms with Crippen LogP contribution in [0.2, 0.25) is 0 Å². The van der Waals surface area contributed by atoms with E-state index >= 15 is 0 Å². The van der Waals surface area contributed by atoms with E-state index in [0.717, 1.165) is 5.56 Å². The van der Waals surface area contributed by atoms with Gasteiger partial charge in [-0.3, -0.25) is 4.79 Å². The van der Waals surface area contributed by atoms with Gasteiger partial charge >= 0.3 is 0 Å². The molecule has 1 aromatic rings. The number of rotatable bonds is 2. The van der Waals surface area contributed by atoms with Crippen molar-refractivity contribution >= 4 is 44.7 Å². The van der Waals surface area contributed by atoms with Gasteiger partial charge in [-0.25, -0.2) is 0 Å². The molecule has 0 amide bonds. The monoisotopic (exact) mass is 329 g/mol. The van der Waals surface area contributed by atoms with E-state index in [1.54, 1.807) is 12.1 Å². The molecular formula is C13H9Cl2NO3S. The molecule has 0 bridgehead atoms. The van der Waals surface area contributed by atoms with Crippen molar-refractivity contribution in [3.8, 4) is 0 Å². The average Bonchev–Trinajstić information content (AvgIpc) is 2.36. The van der Waals surface area contributed by atoms with Crippen LogP contribution in [0.25, 0.3) is 0 Å². The van der Waals surface area contributed by atoms with E-state index in [-0.39, 0.29) is 20.7 Å². The summed E-state index contributed by atoms with van der Waals surface area (Å²) in [5.74, 6) is -0.556. The Hall–Kier alpha value is -1.43. The first-order valence-corrected chi connectivity index (χ1v) is 7.70. The summed E-state index contributed by atoms with van der Waals surface area (Å²) in [6, 6.07) is 6.25. The summed E-state index contributed by atoms with van der Waals surface area (Å²) >= 11 is 11.3. The SMILES string of the molecule is Cc1ccc(S(=O)(=O)N=C2C=C(Cl)C(=O)C(Cl)=C2)cc1. The molecule has 0 spiro atoms.